The molecular formula is C22H38O2. The molecule has 2 atom stereocenters. The Balaban J connectivity index is 2.26. The maximum absolute atomic E-state index is 11.1. The topological polar surface area (TPSA) is 26.3 Å². The lowest BCUT2D eigenvalue weighted by Gasteiger charge is -2.16. The third kappa shape index (κ3) is 9.30. The minimum absolute atomic E-state index is 0.0963. The third-order valence-corrected chi connectivity index (χ3v) is 5.22. The summed E-state index contributed by atoms with van der Waals surface area (Å²) in [7, 11) is 1.46. The van der Waals surface area contributed by atoms with Crippen LogP contribution in [0.1, 0.15) is 90.9 Å². The summed E-state index contributed by atoms with van der Waals surface area (Å²) < 4.78 is 4.68. The Morgan fingerprint density at radius 1 is 1.12 bits per heavy atom. The predicted octanol–water partition coefficient (Wildman–Crippen LogP) is 6.61. The third-order valence-electron chi connectivity index (χ3n) is 5.22. The number of hydrogen-bond acceptors (Lipinski definition) is 2. The highest BCUT2D eigenvalue weighted by Gasteiger charge is 2.24. The highest BCUT2D eigenvalue weighted by molar-refractivity contribution is 5.69. The average molecular weight is 335 g/mol. The van der Waals surface area contributed by atoms with Gasteiger partial charge in [0.25, 0.3) is 0 Å². The molecule has 2 nitrogen and oxygen atoms in total. The van der Waals surface area contributed by atoms with Crippen LogP contribution in [0, 0.1) is 11.8 Å². The molecule has 0 saturated heterocycles. The number of esters is 1. The first-order valence-corrected chi connectivity index (χ1v) is 10.1. The van der Waals surface area contributed by atoms with Crippen molar-refractivity contribution in [2.24, 2.45) is 11.8 Å². The molecule has 0 aromatic rings. The Labute approximate surface area is 149 Å². The van der Waals surface area contributed by atoms with Crippen LogP contribution in [-0.4, -0.2) is 13.1 Å². The second-order valence-electron chi connectivity index (χ2n) is 7.36. The van der Waals surface area contributed by atoms with Crippen LogP contribution in [-0.2, 0) is 9.53 Å². The summed E-state index contributed by atoms with van der Waals surface area (Å²) in [5.41, 5.74) is 1.49. The summed E-state index contributed by atoms with van der Waals surface area (Å²) in [5.74, 6) is 1.52. The summed E-state index contributed by atoms with van der Waals surface area (Å²) in [5, 5.41) is 0. The first-order valence-electron chi connectivity index (χ1n) is 10.1. The largest absolute Gasteiger partial charge is 0.469 e. The Morgan fingerprint density at radius 2 is 1.96 bits per heavy atom. The van der Waals surface area contributed by atoms with E-state index in [0.29, 0.717) is 6.42 Å². The molecule has 0 spiro atoms. The standard InChI is InChI=1S/C22H38O2/c1-4-5-6-7-8-9-14-20-15-12-16-21(20)18-19(2)13-10-11-17-22(23)24-3/h9,13-14,20-21H,4-8,10-12,15-18H2,1-3H3/t20-,21+/m0/s1. The number of hydrogen-bond donors (Lipinski definition) is 0. The molecule has 1 saturated carbocycles. The van der Waals surface area contributed by atoms with Crippen LogP contribution in [0.25, 0.3) is 0 Å². The second-order valence-corrected chi connectivity index (χ2v) is 7.36. The molecule has 0 heterocycles. The number of allylic oxidation sites excluding steroid dienone is 4. The van der Waals surface area contributed by atoms with E-state index in [1.807, 2.05) is 0 Å². The van der Waals surface area contributed by atoms with Gasteiger partial charge in [0.1, 0.15) is 0 Å². The maximum atomic E-state index is 11.1. The van der Waals surface area contributed by atoms with Crippen LogP contribution in [0.3, 0.4) is 0 Å². The van der Waals surface area contributed by atoms with Crippen molar-refractivity contribution in [3.05, 3.63) is 23.8 Å². The van der Waals surface area contributed by atoms with E-state index in [0.717, 1.165) is 24.7 Å². The number of unbranched alkanes of at least 4 members (excludes halogenated alkanes) is 5. The number of carbonyl (C=O) groups excluding carboxylic acids is 1. The molecule has 1 aliphatic rings. The number of methoxy groups -OCH3 is 1. The summed E-state index contributed by atoms with van der Waals surface area (Å²) in [6, 6.07) is 0. The Morgan fingerprint density at radius 3 is 2.71 bits per heavy atom. The summed E-state index contributed by atoms with van der Waals surface area (Å²) in [4.78, 5) is 11.1. The van der Waals surface area contributed by atoms with Gasteiger partial charge in [-0.15, -0.1) is 0 Å². The average Bonchev–Trinajstić information content (AvgIpc) is 3.01. The van der Waals surface area contributed by atoms with Crippen molar-refractivity contribution >= 4 is 5.97 Å². The zero-order chi connectivity index (χ0) is 17.6. The molecule has 0 N–H and O–H groups in total. The lowest BCUT2D eigenvalue weighted by Crippen LogP contribution is -2.05. The monoisotopic (exact) mass is 334 g/mol. The van der Waals surface area contributed by atoms with Crippen LogP contribution in [0.5, 0.6) is 0 Å². The summed E-state index contributed by atoms with van der Waals surface area (Å²) in [6.07, 6.45) is 21.7. The minimum atomic E-state index is -0.0963. The van der Waals surface area contributed by atoms with Gasteiger partial charge in [-0.25, -0.2) is 0 Å². The predicted molar refractivity (Wildman–Crippen MR) is 103 cm³/mol. The molecule has 1 fully saturated rings. The van der Waals surface area contributed by atoms with Gasteiger partial charge in [0.2, 0.25) is 0 Å². The fourth-order valence-electron chi connectivity index (χ4n) is 3.73. The fourth-order valence-corrected chi connectivity index (χ4v) is 3.73. The molecule has 0 radical (unpaired) electrons. The van der Waals surface area contributed by atoms with Gasteiger partial charge in [0.15, 0.2) is 0 Å². The lowest BCUT2D eigenvalue weighted by molar-refractivity contribution is -0.140. The van der Waals surface area contributed by atoms with Crippen molar-refractivity contribution in [3.63, 3.8) is 0 Å². The van der Waals surface area contributed by atoms with Crippen LogP contribution in [0.15, 0.2) is 23.8 Å². The van der Waals surface area contributed by atoms with E-state index < -0.39 is 0 Å². The van der Waals surface area contributed by atoms with E-state index in [2.05, 4.69) is 36.8 Å². The van der Waals surface area contributed by atoms with E-state index in [1.165, 1.54) is 70.5 Å². The summed E-state index contributed by atoms with van der Waals surface area (Å²) >= 11 is 0. The molecule has 0 amide bonds. The lowest BCUT2D eigenvalue weighted by atomic mass is 9.89. The first kappa shape index (κ1) is 21.0. The Hall–Kier alpha value is -1.05. The van der Waals surface area contributed by atoms with Crippen LogP contribution in [0.2, 0.25) is 0 Å². The van der Waals surface area contributed by atoms with Crippen molar-refractivity contribution in [1.82, 2.24) is 0 Å². The van der Waals surface area contributed by atoms with E-state index in [9.17, 15) is 4.79 Å². The van der Waals surface area contributed by atoms with Crippen molar-refractivity contribution in [2.45, 2.75) is 90.9 Å². The van der Waals surface area contributed by atoms with Gasteiger partial charge in [0, 0.05) is 6.42 Å². The quantitative estimate of drug-likeness (QED) is 0.228. The number of ether oxygens (including phenoxy) is 1. The van der Waals surface area contributed by atoms with Gasteiger partial charge in [-0.1, -0.05) is 56.4 Å². The van der Waals surface area contributed by atoms with Crippen molar-refractivity contribution < 1.29 is 9.53 Å². The maximum Gasteiger partial charge on any atom is 0.305 e. The Kier molecular flexibility index (Phi) is 11.6. The van der Waals surface area contributed by atoms with Gasteiger partial charge in [-0.3, -0.25) is 4.79 Å². The van der Waals surface area contributed by atoms with Gasteiger partial charge in [-0.05, 0) is 63.7 Å². The molecule has 2 heteroatoms. The van der Waals surface area contributed by atoms with Gasteiger partial charge in [0.05, 0.1) is 7.11 Å². The molecule has 0 unspecified atom stereocenters. The van der Waals surface area contributed by atoms with Crippen LogP contribution >= 0.6 is 0 Å². The number of carbonyl (C=O) groups is 1. The van der Waals surface area contributed by atoms with Crippen molar-refractivity contribution in [2.75, 3.05) is 7.11 Å². The molecule has 0 bridgehead atoms. The minimum Gasteiger partial charge on any atom is -0.469 e. The van der Waals surface area contributed by atoms with Crippen molar-refractivity contribution in [3.8, 4) is 0 Å². The first-order chi connectivity index (χ1) is 11.7. The molecule has 0 aromatic carbocycles. The van der Waals surface area contributed by atoms with E-state index in [4.69, 9.17) is 0 Å². The second kappa shape index (κ2) is 13.3. The highest BCUT2D eigenvalue weighted by Crippen LogP contribution is 2.37. The molecule has 1 rings (SSSR count). The normalized spacial score (nSPS) is 21.5. The molecule has 0 aromatic heterocycles. The zero-order valence-corrected chi connectivity index (χ0v) is 16.2. The molecule has 24 heavy (non-hydrogen) atoms. The Bertz CT molecular complexity index is 395. The summed E-state index contributed by atoms with van der Waals surface area (Å²) in [6.45, 7) is 4.52. The fraction of sp³-hybridized carbons (Fsp3) is 0.773. The number of rotatable bonds is 12. The molecular weight excluding hydrogens is 296 g/mol. The molecule has 0 aliphatic heterocycles. The van der Waals surface area contributed by atoms with Crippen LogP contribution in [0.4, 0.5) is 0 Å². The smallest absolute Gasteiger partial charge is 0.305 e. The van der Waals surface area contributed by atoms with Crippen LogP contribution < -0.4 is 0 Å². The SMILES string of the molecule is CCCCCCC=C[C@H]1CCC[C@@H]1CC(C)=CCCCC(=O)OC. The van der Waals surface area contributed by atoms with Gasteiger partial charge >= 0.3 is 5.97 Å². The zero-order valence-electron chi connectivity index (χ0n) is 16.2. The van der Waals surface area contributed by atoms with E-state index >= 15 is 0 Å². The highest BCUT2D eigenvalue weighted by atomic mass is 16.5. The molecule has 138 valence electrons. The molecule has 1 aliphatic carbocycles. The van der Waals surface area contributed by atoms with Gasteiger partial charge in [-0.2, -0.15) is 0 Å². The van der Waals surface area contributed by atoms with E-state index in [1.54, 1.807) is 0 Å². The van der Waals surface area contributed by atoms with Crippen molar-refractivity contribution in [1.29, 1.82) is 0 Å². The van der Waals surface area contributed by atoms with E-state index in [-0.39, 0.29) is 5.97 Å². The van der Waals surface area contributed by atoms with Gasteiger partial charge < -0.3 is 4.74 Å².